The van der Waals surface area contributed by atoms with Gasteiger partial charge in [0, 0.05) is 18.4 Å². The SMILES string of the molecule is c1ccc(-c2cnc(Nc3ccc(CCC4CCCN4)cn3)s2)cc1. The summed E-state index contributed by atoms with van der Waals surface area (Å²) < 4.78 is 0. The summed E-state index contributed by atoms with van der Waals surface area (Å²) in [7, 11) is 0. The Morgan fingerprint density at radius 3 is 2.76 bits per heavy atom. The minimum Gasteiger partial charge on any atom is -0.316 e. The van der Waals surface area contributed by atoms with Crippen LogP contribution >= 0.6 is 11.3 Å². The average molecular weight is 350 g/mol. The Labute approximate surface area is 152 Å². The van der Waals surface area contributed by atoms with Crippen LogP contribution in [0.4, 0.5) is 10.9 Å². The van der Waals surface area contributed by atoms with Gasteiger partial charge in [-0.1, -0.05) is 47.7 Å². The number of hydrogen-bond acceptors (Lipinski definition) is 5. The minimum atomic E-state index is 0.685. The summed E-state index contributed by atoms with van der Waals surface area (Å²) in [6.45, 7) is 1.17. The van der Waals surface area contributed by atoms with Gasteiger partial charge in [0.2, 0.25) is 0 Å². The number of hydrogen-bond donors (Lipinski definition) is 2. The molecule has 2 aromatic heterocycles. The van der Waals surface area contributed by atoms with E-state index in [1.165, 1.54) is 36.9 Å². The van der Waals surface area contributed by atoms with Crippen LogP contribution in [-0.2, 0) is 6.42 Å². The second-order valence-corrected chi connectivity index (χ2v) is 7.43. The molecule has 1 saturated heterocycles. The molecule has 0 amide bonds. The fraction of sp³-hybridized carbons (Fsp3) is 0.300. The maximum Gasteiger partial charge on any atom is 0.188 e. The lowest BCUT2D eigenvalue weighted by Gasteiger charge is -2.09. The van der Waals surface area contributed by atoms with Crippen molar-refractivity contribution >= 4 is 22.3 Å². The van der Waals surface area contributed by atoms with Gasteiger partial charge in [-0.15, -0.1) is 0 Å². The van der Waals surface area contributed by atoms with Crippen molar-refractivity contribution < 1.29 is 0 Å². The van der Waals surface area contributed by atoms with Crippen LogP contribution in [0.3, 0.4) is 0 Å². The molecule has 5 heteroatoms. The predicted molar refractivity (Wildman–Crippen MR) is 104 cm³/mol. The Kier molecular flexibility index (Phi) is 5.04. The largest absolute Gasteiger partial charge is 0.316 e. The number of nitrogens with one attached hydrogen (secondary N) is 2. The lowest BCUT2D eigenvalue weighted by molar-refractivity contribution is 0.559. The Bertz CT molecular complexity index is 792. The molecule has 3 heterocycles. The molecular weight excluding hydrogens is 328 g/mol. The summed E-state index contributed by atoms with van der Waals surface area (Å²) in [5, 5.41) is 7.72. The van der Waals surface area contributed by atoms with Gasteiger partial charge < -0.3 is 10.6 Å². The van der Waals surface area contributed by atoms with Crippen molar-refractivity contribution in [3.05, 3.63) is 60.4 Å². The van der Waals surface area contributed by atoms with E-state index in [0.717, 1.165) is 22.2 Å². The zero-order valence-corrected chi connectivity index (χ0v) is 14.9. The number of pyridine rings is 1. The smallest absolute Gasteiger partial charge is 0.188 e. The normalized spacial score (nSPS) is 16.9. The van der Waals surface area contributed by atoms with Gasteiger partial charge in [0.05, 0.1) is 4.88 Å². The Balaban J connectivity index is 1.35. The van der Waals surface area contributed by atoms with E-state index in [0.29, 0.717) is 6.04 Å². The minimum absolute atomic E-state index is 0.685. The summed E-state index contributed by atoms with van der Waals surface area (Å²) in [4.78, 5) is 10.2. The van der Waals surface area contributed by atoms with Gasteiger partial charge in [-0.2, -0.15) is 0 Å². The van der Waals surface area contributed by atoms with Gasteiger partial charge >= 0.3 is 0 Å². The third-order valence-electron chi connectivity index (χ3n) is 4.57. The van der Waals surface area contributed by atoms with Crippen LogP contribution in [0.15, 0.2) is 54.9 Å². The molecule has 0 radical (unpaired) electrons. The van der Waals surface area contributed by atoms with Crippen LogP contribution in [0.25, 0.3) is 10.4 Å². The molecule has 2 N–H and O–H groups in total. The van der Waals surface area contributed by atoms with E-state index >= 15 is 0 Å². The summed E-state index contributed by atoms with van der Waals surface area (Å²) in [5.41, 5.74) is 2.49. The van der Waals surface area contributed by atoms with Crippen molar-refractivity contribution in [1.82, 2.24) is 15.3 Å². The zero-order valence-electron chi connectivity index (χ0n) is 14.1. The molecule has 0 saturated carbocycles. The van der Waals surface area contributed by atoms with E-state index in [2.05, 4.69) is 38.8 Å². The van der Waals surface area contributed by atoms with E-state index in [4.69, 9.17) is 0 Å². The molecule has 1 fully saturated rings. The quantitative estimate of drug-likeness (QED) is 0.680. The van der Waals surface area contributed by atoms with E-state index < -0.39 is 0 Å². The first kappa shape index (κ1) is 16.2. The van der Waals surface area contributed by atoms with Crippen LogP contribution in [0.5, 0.6) is 0 Å². The third-order valence-corrected chi connectivity index (χ3v) is 5.53. The van der Waals surface area contributed by atoms with E-state index in [-0.39, 0.29) is 0 Å². The monoisotopic (exact) mass is 350 g/mol. The summed E-state index contributed by atoms with van der Waals surface area (Å²) in [6.07, 6.45) is 8.78. The first-order valence-electron chi connectivity index (χ1n) is 8.83. The second-order valence-electron chi connectivity index (χ2n) is 6.40. The second kappa shape index (κ2) is 7.76. The molecule has 3 aromatic rings. The highest BCUT2D eigenvalue weighted by molar-refractivity contribution is 7.18. The van der Waals surface area contributed by atoms with Crippen molar-refractivity contribution in [2.75, 3.05) is 11.9 Å². The molecule has 25 heavy (non-hydrogen) atoms. The first-order chi connectivity index (χ1) is 12.4. The molecule has 1 aliphatic rings. The standard InChI is InChI=1S/C20H22N4S/c1-2-5-16(6-3-1)18-14-23-20(25-18)24-19-11-9-15(13-22-19)8-10-17-7-4-12-21-17/h1-3,5-6,9,11,13-14,17,21H,4,7-8,10,12H2,(H,22,23,24). The number of aromatic nitrogens is 2. The molecule has 4 nitrogen and oxygen atoms in total. The predicted octanol–water partition coefficient (Wildman–Crippen LogP) is 4.63. The Morgan fingerprint density at radius 2 is 2.00 bits per heavy atom. The molecular formula is C20H22N4S. The Hall–Kier alpha value is -2.24. The van der Waals surface area contributed by atoms with Gasteiger partial charge in [0.1, 0.15) is 5.82 Å². The maximum atomic E-state index is 4.54. The van der Waals surface area contributed by atoms with Crippen molar-refractivity contribution in [2.45, 2.75) is 31.7 Å². The third kappa shape index (κ3) is 4.24. The van der Waals surface area contributed by atoms with Crippen LogP contribution in [-0.4, -0.2) is 22.6 Å². The van der Waals surface area contributed by atoms with Crippen molar-refractivity contribution in [3.63, 3.8) is 0 Å². The molecule has 128 valence electrons. The molecule has 1 aliphatic heterocycles. The summed E-state index contributed by atoms with van der Waals surface area (Å²) >= 11 is 1.64. The van der Waals surface area contributed by atoms with Crippen molar-refractivity contribution in [1.29, 1.82) is 0 Å². The lowest BCUT2D eigenvalue weighted by atomic mass is 10.1. The number of thiazole rings is 1. The van der Waals surface area contributed by atoms with Crippen LogP contribution in [0.2, 0.25) is 0 Å². The number of rotatable bonds is 6. The van der Waals surface area contributed by atoms with Crippen LogP contribution in [0.1, 0.15) is 24.8 Å². The van der Waals surface area contributed by atoms with Gasteiger partial charge in [-0.05, 0) is 49.4 Å². The topological polar surface area (TPSA) is 49.8 Å². The summed E-state index contributed by atoms with van der Waals surface area (Å²) in [5.74, 6) is 0.844. The van der Waals surface area contributed by atoms with Crippen LogP contribution in [0, 0.1) is 0 Å². The molecule has 1 aromatic carbocycles. The van der Waals surface area contributed by atoms with E-state index in [9.17, 15) is 0 Å². The highest BCUT2D eigenvalue weighted by Crippen LogP contribution is 2.30. The van der Waals surface area contributed by atoms with Gasteiger partial charge in [0.15, 0.2) is 5.13 Å². The maximum absolute atomic E-state index is 4.54. The van der Waals surface area contributed by atoms with Crippen molar-refractivity contribution in [3.8, 4) is 10.4 Å². The highest BCUT2D eigenvalue weighted by Gasteiger charge is 2.13. The van der Waals surface area contributed by atoms with E-state index in [1.54, 1.807) is 11.3 Å². The van der Waals surface area contributed by atoms with Gasteiger partial charge in [-0.25, -0.2) is 9.97 Å². The summed E-state index contributed by atoms with van der Waals surface area (Å²) in [6, 6.07) is 15.2. The zero-order chi connectivity index (χ0) is 16.9. The number of benzene rings is 1. The molecule has 0 bridgehead atoms. The van der Waals surface area contributed by atoms with Crippen LogP contribution < -0.4 is 10.6 Å². The first-order valence-corrected chi connectivity index (χ1v) is 9.65. The average Bonchev–Trinajstić information content (AvgIpc) is 3.34. The lowest BCUT2D eigenvalue weighted by Crippen LogP contribution is -2.21. The van der Waals surface area contributed by atoms with Crippen molar-refractivity contribution in [2.24, 2.45) is 0 Å². The molecule has 1 unspecified atom stereocenters. The fourth-order valence-electron chi connectivity index (χ4n) is 3.17. The fourth-order valence-corrected chi connectivity index (χ4v) is 4.00. The van der Waals surface area contributed by atoms with Gasteiger partial charge in [-0.3, -0.25) is 0 Å². The molecule has 0 aliphatic carbocycles. The number of anilines is 2. The number of nitrogens with zero attached hydrogens (tertiary/aromatic N) is 2. The molecule has 4 rings (SSSR count). The molecule has 0 spiro atoms. The van der Waals surface area contributed by atoms with E-state index in [1.807, 2.05) is 36.7 Å². The molecule has 1 atom stereocenters. The number of aryl methyl sites for hydroxylation is 1. The highest BCUT2D eigenvalue weighted by atomic mass is 32.1. The Morgan fingerprint density at radius 1 is 1.08 bits per heavy atom. The van der Waals surface area contributed by atoms with Gasteiger partial charge in [0.25, 0.3) is 0 Å².